The highest BCUT2D eigenvalue weighted by Crippen LogP contribution is 2.19. The standard InChI is InChI=1S/C14H15F3N2O4/c1-2-3-12(22)23-7-11(21)18-6-10(20)19-9-5-4-8(15)13(16)14(9)17/h4-5H,2-3,6-7H2,1H3,(H,18,21)(H,19,20). The fourth-order valence-corrected chi connectivity index (χ4v) is 1.47. The van der Waals surface area contributed by atoms with Crippen molar-refractivity contribution in [2.75, 3.05) is 18.5 Å². The average Bonchev–Trinajstić information content (AvgIpc) is 2.52. The summed E-state index contributed by atoms with van der Waals surface area (Å²) in [6, 6.07) is 1.50. The van der Waals surface area contributed by atoms with Crippen LogP contribution in [0.25, 0.3) is 0 Å². The van der Waals surface area contributed by atoms with Crippen molar-refractivity contribution in [3.63, 3.8) is 0 Å². The number of rotatable bonds is 7. The van der Waals surface area contributed by atoms with Gasteiger partial charge in [0, 0.05) is 6.42 Å². The normalized spacial score (nSPS) is 10.1. The molecule has 0 aliphatic rings. The fourth-order valence-electron chi connectivity index (χ4n) is 1.47. The number of amides is 2. The number of halogens is 3. The lowest BCUT2D eigenvalue weighted by molar-refractivity contribution is -0.148. The molecule has 0 atom stereocenters. The molecular formula is C14H15F3N2O4. The van der Waals surface area contributed by atoms with Crippen molar-refractivity contribution in [2.45, 2.75) is 19.8 Å². The number of nitrogens with one attached hydrogen (secondary N) is 2. The highest BCUT2D eigenvalue weighted by Gasteiger charge is 2.15. The molecule has 0 aliphatic heterocycles. The van der Waals surface area contributed by atoms with Crippen molar-refractivity contribution < 1.29 is 32.3 Å². The van der Waals surface area contributed by atoms with E-state index >= 15 is 0 Å². The van der Waals surface area contributed by atoms with Crippen LogP contribution >= 0.6 is 0 Å². The van der Waals surface area contributed by atoms with Gasteiger partial charge in [0.2, 0.25) is 5.91 Å². The monoisotopic (exact) mass is 332 g/mol. The van der Waals surface area contributed by atoms with Crippen molar-refractivity contribution in [2.24, 2.45) is 0 Å². The second kappa shape index (κ2) is 8.76. The van der Waals surface area contributed by atoms with E-state index in [4.69, 9.17) is 0 Å². The number of esters is 1. The zero-order chi connectivity index (χ0) is 17.4. The van der Waals surface area contributed by atoms with Crippen LogP contribution in [0.1, 0.15) is 19.8 Å². The molecule has 2 amide bonds. The molecule has 0 spiro atoms. The van der Waals surface area contributed by atoms with Gasteiger partial charge in [0.1, 0.15) is 0 Å². The molecular weight excluding hydrogens is 317 g/mol. The maximum absolute atomic E-state index is 13.3. The molecule has 0 aromatic heterocycles. The molecule has 9 heteroatoms. The molecule has 1 aromatic carbocycles. The van der Waals surface area contributed by atoms with Crippen LogP contribution in [0.4, 0.5) is 18.9 Å². The minimum Gasteiger partial charge on any atom is -0.456 e. The summed E-state index contributed by atoms with van der Waals surface area (Å²) in [4.78, 5) is 33.8. The fraction of sp³-hybridized carbons (Fsp3) is 0.357. The number of carbonyl (C=O) groups excluding carboxylic acids is 3. The Kier molecular flexibility index (Phi) is 7.04. The van der Waals surface area contributed by atoms with E-state index in [1.165, 1.54) is 0 Å². The van der Waals surface area contributed by atoms with Gasteiger partial charge < -0.3 is 15.4 Å². The van der Waals surface area contributed by atoms with Crippen LogP contribution in [-0.2, 0) is 19.1 Å². The van der Waals surface area contributed by atoms with E-state index in [0.29, 0.717) is 12.5 Å². The van der Waals surface area contributed by atoms with E-state index in [2.05, 4.69) is 10.1 Å². The molecule has 0 unspecified atom stereocenters. The Labute approximate surface area is 130 Å². The summed E-state index contributed by atoms with van der Waals surface area (Å²) in [6.45, 7) is 0.664. The van der Waals surface area contributed by atoms with Gasteiger partial charge in [-0.05, 0) is 18.6 Å². The third-order valence-electron chi connectivity index (χ3n) is 2.57. The summed E-state index contributed by atoms with van der Waals surface area (Å²) in [5, 5.41) is 4.10. The van der Waals surface area contributed by atoms with E-state index in [0.717, 1.165) is 6.07 Å². The molecule has 2 N–H and O–H groups in total. The number of hydrogen-bond donors (Lipinski definition) is 2. The molecule has 0 saturated carbocycles. The topological polar surface area (TPSA) is 84.5 Å². The van der Waals surface area contributed by atoms with Crippen LogP contribution in [0.3, 0.4) is 0 Å². The molecule has 0 fully saturated rings. The summed E-state index contributed by atoms with van der Waals surface area (Å²) >= 11 is 0. The molecule has 0 bridgehead atoms. The lowest BCUT2D eigenvalue weighted by atomic mass is 10.2. The predicted octanol–water partition coefficient (Wildman–Crippen LogP) is 1.50. The first-order valence-corrected chi connectivity index (χ1v) is 6.70. The first kappa shape index (κ1) is 18.5. The van der Waals surface area contributed by atoms with Gasteiger partial charge in [-0.25, -0.2) is 13.2 Å². The minimum atomic E-state index is -1.71. The highest BCUT2D eigenvalue weighted by atomic mass is 19.2. The second-order valence-corrected chi connectivity index (χ2v) is 4.46. The van der Waals surface area contributed by atoms with Crippen LogP contribution in [0, 0.1) is 17.5 Å². The summed E-state index contributed by atoms with van der Waals surface area (Å²) in [7, 11) is 0. The minimum absolute atomic E-state index is 0.170. The van der Waals surface area contributed by atoms with Gasteiger partial charge >= 0.3 is 5.97 Å². The van der Waals surface area contributed by atoms with Crippen molar-refractivity contribution in [3.8, 4) is 0 Å². The van der Waals surface area contributed by atoms with Gasteiger partial charge in [0.15, 0.2) is 24.1 Å². The van der Waals surface area contributed by atoms with Gasteiger partial charge in [-0.15, -0.1) is 0 Å². The largest absolute Gasteiger partial charge is 0.456 e. The smallest absolute Gasteiger partial charge is 0.306 e. The lowest BCUT2D eigenvalue weighted by Crippen LogP contribution is -2.35. The molecule has 1 rings (SSSR count). The number of anilines is 1. The summed E-state index contributed by atoms with van der Waals surface area (Å²) in [6.07, 6.45) is 0.742. The Morgan fingerprint density at radius 3 is 2.43 bits per heavy atom. The Morgan fingerprint density at radius 2 is 1.78 bits per heavy atom. The number of hydrogen-bond acceptors (Lipinski definition) is 4. The van der Waals surface area contributed by atoms with Gasteiger partial charge in [-0.1, -0.05) is 6.92 Å². The molecule has 0 radical (unpaired) electrons. The SMILES string of the molecule is CCCC(=O)OCC(=O)NCC(=O)Nc1ccc(F)c(F)c1F. The molecule has 23 heavy (non-hydrogen) atoms. The van der Waals surface area contributed by atoms with Crippen molar-refractivity contribution in [1.29, 1.82) is 0 Å². The second-order valence-electron chi connectivity index (χ2n) is 4.46. The van der Waals surface area contributed by atoms with E-state index in [1.54, 1.807) is 6.92 Å². The van der Waals surface area contributed by atoms with Crippen LogP contribution < -0.4 is 10.6 Å². The molecule has 0 heterocycles. The quantitative estimate of drug-likeness (QED) is 0.585. The first-order valence-electron chi connectivity index (χ1n) is 6.70. The lowest BCUT2D eigenvalue weighted by Gasteiger charge is -2.08. The predicted molar refractivity (Wildman–Crippen MR) is 73.8 cm³/mol. The first-order chi connectivity index (χ1) is 10.8. The maximum Gasteiger partial charge on any atom is 0.306 e. The zero-order valence-corrected chi connectivity index (χ0v) is 12.3. The van der Waals surface area contributed by atoms with Gasteiger partial charge in [-0.2, -0.15) is 0 Å². The summed E-state index contributed by atoms with van der Waals surface area (Å²) < 4.78 is 43.6. The average molecular weight is 332 g/mol. The van der Waals surface area contributed by atoms with Gasteiger partial charge in [-0.3, -0.25) is 14.4 Å². The summed E-state index contributed by atoms with van der Waals surface area (Å²) in [5.74, 6) is -6.77. The number of carbonyl (C=O) groups is 3. The number of ether oxygens (including phenoxy) is 1. The molecule has 1 aromatic rings. The maximum atomic E-state index is 13.3. The highest BCUT2D eigenvalue weighted by molar-refractivity contribution is 5.94. The third-order valence-corrected chi connectivity index (χ3v) is 2.57. The van der Waals surface area contributed by atoms with Crippen molar-refractivity contribution in [1.82, 2.24) is 5.32 Å². The van der Waals surface area contributed by atoms with Gasteiger partial charge in [0.25, 0.3) is 5.91 Å². The molecule has 0 aliphatic carbocycles. The third kappa shape index (κ3) is 5.97. The molecule has 126 valence electrons. The van der Waals surface area contributed by atoms with E-state index < -0.39 is 54.1 Å². The van der Waals surface area contributed by atoms with E-state index in [9.17, 15) is 27.6 Å². The van der Waals surface area contributed by atoms with Crippen LogP contribution in [-0.4, -0.2) is 30.9 Å². The zero-order valence-electron chi connectivity index (χ0n) is 12.3. The van der Waals surface area contributed by atoms with Crippen molar-refractivity contribution >= 4 is 23.5 Å². The Morgan fingerprint density at radius 1 is 1.09 bits per heavy atom. The Hall–Kier alpha value is -2.58. The van der Waals surface area contributed by atoms with Gasteiger partial charge in [0.05, 0.1) is 12.2 Å². The van der Waals surface area contributed by atoms with Crippen LogP contribution in [0.5, 0.6) is 0 Å². The van der Waals surface area contributed by atoms with Crippen LogP contribution in [0.2, 0.25) is 0 Å². The summed E-state index contributed by atoms with van der Waals surface area (Å²) in [5.41, 5.74) is -0.558. The van der Waals surface area contributed by atoms with Crippen molar-refractivity contribution in [3.05, 3.63) is 29.6 Å². The van der Waals surface area contributed by atoms with E-state index in [1.807, 2.05) is 5.32 Å². The molecule has 6 nitrogen and oxygen atoms in total. The molecule has 0 saturated heterocycles. The number of benzene rings is 1. The Bertz CT molecular complexity index is 608. The van der Waals surface area contributed by atoms with Crippen LogP contribution in [0.15, 0.2) is 12.1 Å². The Balaban J connectivity index is 2.41. The van der Waals surface area contributed by atoms with E-state index in [-0.39, 0.29) is 6.42 Å².